The van der Waals surface area contributed by atoms with E-state index in [4.69, 9.17) is 17.0 Å². The highest BCUT2D eigenvalue weighted by Crippen LogP contribution is 2.30. The van der Waals surface area contributed by atoms with Gasteiger partial charge in [0.05, 0.1) is 6.10 Å². The van der Waals surface area contributed by atoms with Gasteiger partial charge in [-0.3, -0.25) is 11.3 Å². The van der Waals surface area contributed by atoms with Crippen LogP contribution in [0.2, 0.25) is 0 Å². The van der Waals surface area contributed by atoms with Gasteiger partial charge in [0.15, 0.2) is 0 Å². The molecule has 0 saturated heterocycles. The van der Waals surface area contributed by atoms with E-state index in [9.17, 15) is 0 Å². The Hall–Kier alpha value is -0.560. The van der Waals surface area contributed by atoms with Crippen molar-refractivity contribution < 1.29 is 4.74 Å². The summed E-state index contributed by atoms with van der Waals surface area (Å²) in [5.74, 6) is 9.06. The lowest BCUT2D eigenvalue weighted by Crippen LogP contribution is -2.49. The number of nitrogens with one attached hydrogen (secondary N) is 1. The second kappa shape index (κ2) is 9.38. The van der Waals surface area contributed by atoms with E-state index in [2.05, 4.69) is 18.3 Å². The van der Waals surface area contributed by atoms with Crippen LogP contribution < -0.4 is 11.3 Å². The van der Waals surface area contributed by atoms with Crippen LogP contribution in [0.5, 0.6) is 0 Å². The number of hydrazine groups is 1. The minimum absolute atomic E-state index is 0.237. The van der Waals surface area contributed by atoms with Gasteiger partial charge in [-0.15, -0.1) is 12.3 Å². The van der Waals surface area contributed by atoms with Gasteiger partial charge in [0.25, 0.3) is 0 Å². The summed E-state index contributed by atoms with van der Waals surface area (Å²) in [7, 11) is 0. The molecule has 3 nitrogen and oxygen atoms in total. The van der Waals surface area contributed by atoms with E-state index in [0.717, 1.165) is 25.9 Å². The molecule has 3 N–H and O–H groups in total. The molecule has 0 aliphatic heterocycles. The number of terminal acetylenes is 1. The first-order valence-electron chi connectivity index (χ1n) is 7.34. The molecule has 3 heteroatoms. The molecule has 2 atom stereocenters. The van der Waals surface area contributed by atoms with Crippen LogP contribution in [0.3, 0.4) is 0 Å². The Morgan fingerprint density at radius 1 is 1.39 bits per heavy atom. The Morgan fingerprint density at radius 2 is 2.11 bits per heavy atom. The number of rotatable bonds is 8. The third-order valence-electron chi connectivity index (χ3n) is 3.92. The monoisotopic (exact) mass is 252 g/mol. The van der Waals surface area contributed by atoms with E-state index in [1.807, 2.05) is 0 Å². The molecule has 1 aliphatic carbocycles. The zero-order valence-electron chi connectivity index (χ0n) is 11.7. The maximum atomic E-state index is 5.97. The summed E-state index contributed by atoms with van der Waals surface area (Å²) in [6, 6.07) is 0.237. The summed E-state index contributed by atoms with van der Waals surface area (Å²) >= 11 is 0. The maximum Gasteiger partial charge on any atom is 0.0769 e. The van der Waals surface area contributed by atoms with Gasteiger partial charge in [0.2, 0.25) is 0 Å². The van der Waals surface area contributed by atoms with Crippen molar-refractivity contribution in [2.75, 3.05) is 6.61 Å². The van der Waals surface area contributed by atoms with Gasteiger partial charge in [-0.25, -0.2) is 0 Å². The van der Waals surface area contributed by atoms with Crippen LogP contribution in [-0.2, 0) is 4.74 Å². The van der Waals surface area contributed by atoms with Crippen LogP contribution in [0.1, 0.15) is 58.3 Å². The predicted molar refractivity (Wildman–Crippen MR) is 75.8 cm³/mol. The number of ether oxygens (including phenoxy) is 1. The molecule has 0 radical (unpaired) electrons. The van der Waals surface area contributed by atoms with Gasteiger partial charge >= 0.3 is 0 Å². The highest BCUT2D eigenvalue weighted by Gasteiger charge is 2.30. The smallest absolute Gasteiger partial charge is 0.0769 e. The van der Waals surface area contributed by atoms with Gasteiger partial charge in [0, 0.05) is 19.1 Å². The normalized spacial score (nSPS) is 20.3. The van der Waals surface area contributed by atoms with E-state index in [1.54, 1.807) is 0 Å². The van der Waals surface area contributed by atoms with Crippen molar-refractivity contribution in [3.05, 3.63) is 0 Å². The SMILES string of the molecule is C#CCCCC(NN)C(OCC)C1CCCCC1. The molecular weight excluding hydrogens is 224 g/mol. The van der Waals surface area contributed by atoms with Crippen molar-refractivity contribution >= 4 is 0 Å². The van der Waals surface area contributed by atoms with Crippen molar-refractivity contribution in [1.29, 1.82) is 0 Å². The largest absolute Gasteiger partial charge is 0.377 e. The van der Waals surface area contributed by atoms with Crippen LogP contribution in [0, 0.1) is 18.3 Å². The van der Waals surface area contributed by atoms with Crippen molar-refractivity contribution in [3.8, 4) is 12.3 Å². The molecule has 18 heavy (non-hydrogen) atoms. The van der Waals surface area contributed by atoms with E-state index >= 15 is 0 Å². The molecule has 1 saturated carbocycles. The van der Waals surface area contributed by atoms with Gasteiger partial charge in [-0.1, -0.05) is 19.3 Å². The second-order valence-corrected chi connectivity index (χ2v) is 5.19. The first-order chi connectivity index (χ1) is 8.83. The summed E-state index contributed by atoms with van der Waals surface area (Å²) in [6.07, 6.45) is 15.0. The quantitative estimate of drug-likeness (QED) is 0.302. The average Bonchev–Trinajstić information content (AvgIpc) is 2.43. The zero-order chi connectivity index (χ0) is 13.2. The topological polar surface area (TPSA) is 47.3 Å². The van der Waals surface area contributed by atoms with Gasteiger partial charge in [-0.05, 0) is 38.5 Å². The molecule has 1 aliphatic rings. The van der Waals surface area contributed by atoms with Gasteiger partial charge in [-0.2, -0.15) is 0 Å². The summed E-state index contributed by atoms with van der Waals surface area (Å²) in [6.45, 7) is 2.82. The molecule has 104 valence electrons. The van der Waals surface area contributed by atoms with Crippen LogP contribution >= 0.6 is 0 Å². The summed E-state index contributed by atoms with van der Waals surface area (Å²) in [5, 5.41) is 0. The van der Waals surface area contributed by atoms with Crippen LogP contribution in [0.25, 0.3) is 0 Å². The fourth-order valence-corrected chi connectivity index (χ4v) is 3.00. The molecule has 1 rings (SSSR count). The van der Waals surface area contributed by atoms with Gasteiger partial charge in [0.1, 0.15) is 0 Å². The first kappa shape index (κ1) is 15.5. The molecule has 2 unspecified atom stereocenters. The third kappa shape index (κ3) is 4.97. The zero-order valence-corrected chi connectivity index (χ0v) is 11.7. The molecule has 0 aromatic carbocycles. The van der Waals surface area contributed by atoms with E-state index in [0.29, 0.717) is 5.92 Å². The van der Waals surface area contributed by atoms with Crippen molar-refractivity contribution in [2.45, 2.75) is 70.4 Å². The van der Waals surface area contributed by atoms with E-state index in [-0.39, 0.29) is 12.1 Å². The van der Waals surface area contributed by atoms with Crippen LogP contribution in [-0.4, -0.2) is 18.8 Å². The van der Waals surface area contributed by atoms with Gasteiger partial charge < -0.3 is 4.74 Å². The lowest BCUT2D eigenvalue weighted by molar-refractivity contribution is -0.0197. The predicted octanol–water partition coefficient (Wildman–Crippen LogP) is 2.61. The molecule has 1 fully saturated rings. The maximum absolute atomic E-state index is 5.97. The molecule has 0 bridgehead atoms. The number of unbranched alkanes of at least 4 members (excludes halogenated alkanes) is 1. The van der Waals surface area contributed by atoms with Crippen molar-refractivity contribution in [2.24, 2.45) is 11.8 Å². The Bertz CT molecular complexity index is 243. The van der Waals surface area contributed by atoms with Crippen molar-refractivity contribution in [3.63, 3.8) is 0 Å². The summed E-state index contributed by atoms with van der Waals surface area (Å²) in [4.78, 5) is 0. The highest BCUT2D eigenvalue weighted by atomic mass is 16.5. The third-order valence-corrected chi connectivity index (χ3v) is 3.92. The average molecular weight is 252 g/mol. The molecular formula is C15H28N2O. The van der Waals surface area contributed by atoms with Crippen LogP contribution in [0.4, 0.5) is 0 Å². The van der Waals surface area contributed by atoms with E-state index < -0.39 is 0 Å². The minimum Gasteiger partial charge on any atom is -0.377 e. The highest BCUT2D eigenvalue weighted by molar-refractivity contribution is 4.87. The Kier molecular flexibility index (Phi) is 8.08. The van der Waals surface area contributed by atoms with E-state index in [1.165, 1.54) is 32.1 Å². The Morgan fingerprint density at radius 3 is 2.67 bits per heavy atom. The number of hydrogen-bond acceptors (Lipinski definition) is 3. The van der Waals surface area contributed by atoms with Crippen LogP contribution in [0.15, 0.2) is 0 Å². The number of hydrogen-bond donors (Lipinski definition) is 2. The Labute approximate surface area is 112 Å². The Balaban J connectivity index is 2.52. The second-order valence-electron chi connectivity index (χ2n) is 5.19. The molecule has 0 amide bonds. The summed E-state index contributed by atoms with van der Waals surface area (Å²) < 4.78 is 5.97. The first-order valence-corrected chi connectivity index (χ1v) is 7.34. The fourth-order valence-electron chi connectivity index (χ4n) is 3.00. The van der Waals surface area contributed by atoms with Crippen molar-refractivity contribution in [1.82, 2.24) is 5.43 Å². The number of nitrogens with two attached hydrogens (primary N) is 1. The standard InChI is InChI=1S/C15H28N2O/c1-3-5-7-12-14(17-16)15(18-4-2)13-10-8-6-9-11-13/h1,13-15,17H,4-12,16H2,2H3. The molecule has 0 aromatic rings. The molecule has 0 aromatic heterocycles. The molecule has 0 spiro atoms. The fraction of sp³-hybridized carbons (Fsp3) is 0.867. The lowest BCUT2D eigenvalue weighted by atomic mass is 9.81. The molecule has 0 heterocycles. The lowest BCUT2D eigenvalue weighted by Gasteiger charge is -2.35. The summed E-state index contributed by atoms with van der Waals surface area (Å²) in [5.41, 5.74) is 2.95. The minimum atomic E-state index is 0.237.